The van der Waals surface area contributed by atoms with Crippen LogP contribution in [-0.2, 0) is 9.47 Å². The predicted octanol–water partition coefficient (Wildman–Crippen LogP) is 1.50. The lowest BCUT2D eigenvalue weighted by atomic mass is 10.2. The third-order valence-corrected chi connectivity index (χ3v) is 3.29. The molecule has 1 aliphatic rings. The second-order valence-electron chi connectivity index (χ2n) is 4.92. The Bertz CT molecular complexity index is 191. The standard InChI is InChI=1S/C14H30N2O2/c1-3-5-6-9-17-10-7-16-8-11-18-14(13-16)12-15-4-2/h14-15H,3-13H2,1-2H3/t14-/m0/s1. The van der Waals surface area contributed by atoms with Crippen LogP contribution in [0.15, 0.2) is 0 Å². The van der Waals surface area contributed by atoms with E-state index in [0.29, 0.717) is 6.10 Å². The van der Waals surface area contributed by atoms with Crippen LogP contribution in [0.4, 0.5) is 0 Å². The van der Waals surface area contributed by atoms with Crippen molar-refractivity contribution in [2.24, 2.45) is 0 Å². The van der Waals surface area contributed by atoms with Crippen LogP contribution < -0.4 is 5.32 Å². The van der Waals surface area contributed by atoms with Gasteiger partial charge in [0.1, 0.15) is 0 Å². The summed E-state index contributed by atoms with van der Waals surface area (Å²) in [6.07, 6.45) is 4.09. The smallest absolute Gasteiger partial charge is 0.0826 e. The van der Waals surface area contributed by atoms with Gasteiger partial charge >= 0.3 is 0 Å². The maximum atomic E-state index is 5.72. The lowest BCUT2D eigenvalue weighted by Gasteiger charge is -2.32. The van der Waals surface area contributed by atoms with Gasteiger partial charge in [-0.15, -0.1) is 0 Å². The molecule has 0 saturated carbocycles. The molecule has 1 saturated heterocycles. The topological polar surface area (TPSA) is 33.7 Å². The van der Waals surface area contributed by atoms with Crippen molar-refractivity contribution in [1.29, 1.82) is 0 Å². The van der Waals surface area contributed by atoms with E-state index in [1.807, 2.05) is 0 Å². The average Bonchev–Trinajstić information content (AvgIpc) is 2.41. The molecule has 1 rings (SSSR count). The predicted molar refractivity (Wildman–Crippen MR) is 75.1 cm³/mol. The monoisotopic (exact) mass is 258 g/mol. The van der Waals surface area contributed by atoms with Crippen molar-refractivity contribution < 1.29 is 9.47 Å². The molecule has 0 spiro atoms. The third-order valence-electron chi connectivity index (χ3n) is 3.29. The Morgan fingerprint density at radius 2 is 2.17 bits per heavy atom. The summed E-state index contributed by atoms with van der Waals surface area (Å²) < 4.78 is 11.4. The molecule has 0 bridgehead atoms. The molecule has 1 atom stereocenters. The van der Waals surface area contributed by atoms with E-state index in [0.717, 1.165) is 52.5 Å². The second kappa shape index (κ2) is 10.7. The highest BCUT2D eigenvalue weighted by atomic mass is 16.5. The van der Waals surface area contributed by atoms with Crippen LogP contribution in [0.3, 0.4) is 0 Å². The van der Waals surface area contributed by atoms with Gasteiger partial charge in [-0.3, -0.25) is 4.90 Å². The van der Waals surface area contributed by atoms with Crippen LogP contribution >= 0.6 is 0 Å². The number of nitrogens with zero attached hydrogens (tertiary/aromatic N) is 1. The number of ether oxygens (including phenoxy) is 2. The fourth-order valence-electron chi connectivity index (χ4n) is 2.16. The van der Waals surface area contributed by atoms with Gasteiger partial charge in [-0.1, -0.05) is 26.7 Å². The molecule has 0 amide bonds. The zero-order valence-electron chi connectivity index (χ0n) is 12.1. The zero-order chi connectivity index (χ0) is 13.1. The van der Waals surface area contributed by atoms with Crippen molar-refractivity contribution in [3.8, 4) is 0 Å². The molecule has 4 nitrogen and oxygen atoms in total. The van der Waals surface area contributed by atoms with E-state index in [2.05, 4.69) is 24.1 Å². The first-order chi connectivity index (χ1) is 8.86. The number of nitrogens with one attached hydrogen (secondary N) is 1. The van der Waals surface area contributed by atoms with Crippen LogP contribution in [0, 0.1) is 0 Å². The summed E-state index contributed by atoms with van der Waals surface area (Å²) in [5.74, 6) is 0. The Hall–Kier alpha value is -0.160. The summed E-state index contributed by atoms with van der Waals surface area (Å²) >= 11 is 0. The first kappa shape index (κ1) is 15.9. The van der Waals surface area contributed by atoms with Gasteiger partial charge in [-0.25, -0.2) is 0 Å². The van der Waals surface area contributed by atoms with Crippen LogP contribution in [0.2, 0.25) is 0 Å². The number of hydrogen-bond donors (Lipinski definition) is 1. The Morgan fingerprint density at radius 1 is 1.28 bits per heavy atom. The first-order valence-corrected chi connectivity index (χ1v) is 7.49. The SMILES string of the molecule is CCCCCOCCN1CCO[C@@H](CNCC)C1. The number of unbranched alkanes of at least 4 members (excludes halogenated alkanes) is 2. The minimum absolute atomic E-state index is 0.346. The minimum atomic E-state index is 0.346. The average molecular weight is 258 g/mol. The number of likely N-dealkylation sites (N-methyl/N-ethyl adjacent to an activating group) is 1. The van der Waals surface area contributed by atoms with Gasteiger partial charge in [0.15, 0.2) is 0 Å². The highest BCUT2D eigenvalue weighted by Gasteiger charge is 2.19. The summed E-state index contributed by atoms with van der Waals surface area (Å²) in [5, 5.41) is 3.35. The summed E-state index contributed by atoms with van der Waals surface area (Å²) in [6.45, 7) is 12.1. The molecule has 1 N–H and O–H groups in total. The molecule has 18 heavy (non-hydrogen) atoms. The van der Waals surface area contributed by atoms with Crippen molar-refractivity contribution in [3.63, 3.8) is 0 Å². The first-order valence-electron chi connectivity index (χ1n) is 7.49. The van der Waals surface area contributed by atoms with E-state index >= 15 is 0 Å². The lowest BCUT2D eigenvalue weighted by Crippen LogP contribution is -2.47. The number of rotatable bonds is 10. The highest BCUT2D eigenvalue weighted by Crippen LogP contribution is 2.04. The molecular formula is C14H30N2O2. The Kier molecular flexibility index (Phi) is 9.48. The van der Waals surface area contributed by atoms with Gasteiger partial charge in [-0.05, 0) is 13.0 Å². The fourth-order valence-corrected chi connectivity index (χ4v) is 2.16. The van der Waals surface area contributed by atoms with E-state index in [9.17, 15) is 0 Å². The van der Waals surface area contributed by atoms with Crippen LogP contribution in [0.25, 0.3) is 0 Å². The Balaban J connectivity index is 2.00. The molecule has 108 valence electrons. The summed E-state index contributed by atoms with van der Waals surface area (Å²) in [4.78, 5) is 2.45. The molecular weight excluding hydrogens is 228 g/mol. The van der Waals surface area contributed by atoms with Crippen molar-refractivity contribution in [1.82, 2.24) is 10.2 Å². The Labute approximate surface area is 112 Å². The molecule has 4 heteroatoms. The van der Waals surface area contributed by atoms with Gasteiger partial charge in [0, 0.05) is 32.8 Å². The molecule has 1 fully saturated rings. The van der Waals surface area contributed by atoms with Crippen LogP contribution in [0.1, 0.15) is 33.1 Å². The summed E-state index contributed by atoms with van der Waals surface area (Å²) in [7, 11) is 0. The van der Waals surface area contributed by atoms with E-state index in [-0.39, 0.29) is 0 Å². The van der Waals surface area contributed by atoms with Gasteiger partial charge in [0.25, 0.3) is 0 Å². The fraction of sp³-hybridized carbons (Fsp3) is 1.00. The molecule has 1 aliphatic heterocycles. The van der Waals surface area contributed by atoms with E-state index in [1.54, 1.807) is 0 Å². The van der Waals surface area contributed by atoms with Crippen LogP contribution in [0.5, 0.6) is 0 Å². The van der Waals surface area contributed by atoms with E-state index in [1.165, 1.54) is 19.3 Å². The Morgan fingerprint density at radius 3 is 2.94 bits per heavy atom. The van der Waals surface area contributed by atoms with Crippen molar-refractivity contribution in [2.75, 3.05) is 52.5 Å². The van der Waals surface area contributed by atoms with E-state index < -0.39 is 0 Å². The normalized spacial score (nSPS) is 21.3. The molecule has 0 aromatic rings. The third kappa shape index (κ3) is 7.31. The maximum Gasteiger partial charge on any atom is 0.0826 e. The largest absolute Gasteiger partial charge is 0.380 e. The second-order valence-corrected chi connectivity index (χ2v) is 4.92. The van der Waals surface area contributed by atoms with Gasteiger partial charge in [0.05, 0.1) is 19.3 Å². The zero-order valence-corrected chi connectivity index (χ0v) is 12.1. The van der Waals surface area contributed by atoms with Crippen molar-refractivity contribution in [2.45, 2.75) is 39.2 Å². The van der Waals surface area contributed by atoms with E-state index in [4.69, 9.17) is 9.47 Å². The highest BCUT2D eigenvalue weighted by molar-refractivity contribution is 4.72. The van der Waals surface area contributed by atoms with Crippen molar-refractivity contribution >= 4 is 0 Å². The summed E-state index contributed by atoms with van der Waals surface area (Å²) in [5.41, 5.74) is 0. The van der Waals surface area contributed by atoms with Crippen molar-refractivity contribution in [3.05, 3.63) is 0 Å². The number of hydrogen-bond acceptors (Lipinski definition) is 4. The lowest BCUT2D eigenvalue weighted by molar-refractivity contribution is -0.0347. The van der Waals surface area contributed by atoms with Gasteiger partial charge < -0.3 is 14.8 Å². The number of morpholine rings is 1. The maximum absolute atomic E-state index is 5.72. The minimum Gasteiger partial charge on any atom is -0.380 e. The molecule has 0 aromatic heterocycles. The van der Waals surface area contributed by atoms with Crippen LogP contribution in [-0.4, -0.2) is 63.5 Å². The molecule has 1 heterocycles. The molecule has 0 aliphatic carbocycles. The molecule has 0 unspecified atom stereocenters. The van der Waals surface area contributed by atoms with Gasteiger partial charge in [0.2, 0.25) is 0 Å². The van der Waals surface area contributed by atoms with Gasteiger partial charge in [-0.2, -0.15) is 0 Å². The molecule has 0 radical (unpaired) electrons. The summed E-state index contributed by atoms with van der Waals surface area (Å²) in [6, 6.07) is 0. The molecule has 0 aromatic carbocycles. The quantitative estimate of drug-likeness (QED) is 0.602.